The second-order valence-corrected chi connectivity index (χ2v) is 9.46. The molecule has 7 nitrogen and oxygen atoms in total. The SMILES string of the molecule is Cc1nc(NC(=O)c2cn(-c3ccccc3)nc2-c2ccc(Cl)cc2)sc1SCC(N)=O. The number of thioether (sulfide) groups is 1. The fraction of sp³-hybridized carbons (Fsp3) is 0.0909. The van der Waals surface area contributed by atoms with Crippen LogP contribution in [0.1, 0.15) is 16.1 Å². The van der Waals surface area contributed by atoms with Crippen LogP contribution in [0, 0.1) is 6.92 Å². The summed E-state index contributed by atoms with van der Waals surface area (Å²) in [7, 11) is 0. The monoisotopic (exact) mass is 483 g/mol. The predicted molar refractivity (Wildman–Crippen MR) is 129 cm³/mol. The summed E-state index contributed by atoms with van der Waals surface area (Å²) in [6.45, 7) is 1.82. The molecule has 0 aliphatic heterocycles. The third kappa shape index (κ3) is 5.01. The molecule has 2 aromatic heterocycles. The molecule has 4 aromatic rings. The summed E-state index contributed by atoms with van der Waals surface area (Å²) < 4.78 is 2.50. The van der Waals surface area contributed by atoms with Crippen LogP contribution < -0.4 is 11.1 Å². The molecule has 0 unspecified atom stereocenters. The number of nitrogens with one attached hydrogen (secondary N) is 1. The largest absolute Gasteiger partial charge is 0.369 e. The first-order valence-electron chi connectivity index (χ1n) is 9.51. The van der Waals surface area contributed by atoms with Gasteiger partial charge in [0.15, 0.2) is 5.13 Å². The van der Waals surface area contributed by atoms with Gasteiger partial charge in [-0.25, -0.2) is 9.67 Å². The van der Waals surface area contributed by atoms with Crippen molar-refractivity contribution >= 4 is 51.6 Å². The lowest BCUT2D eigenvalue weighted by Gasteiger charge is -2.03. The lowest BCUT2D eigenvalue weighted by atomic mass is 10.1. The van der Waals surface area contributed by atoms with Crippen molar-refractivity contribution in [3.63, 3.8) is 0 Å². The molecule has 0 radical (unpaired) electrons. The summed E-state index contributed by atoms with van der Waals surface area (Å²) in [6.07, 6.45) is 1.69. The first kappa shape index (κ1) is 22.1. The van der Waals surface area contributed by atoms with Gasteiger partial charge < -0.3 is 5.73 Å². The summed E-state index contributed by atoms with van der Waals surface area (Å²) in [4.78, 5) is 28.7. The smallest absolute Gasteiger partial charge is 0.261 e. The van der Waals surface area contributed by atoms with E-state index in [1.165, 1.54) is 23.1 Å². The van der Waals surface area contributed by atoms with Crippen LogP contribution in [0.3, 0.4) is 0 Å². The number of nitrogens with two attached hydrogens (primary N) is 1. The number of para-hydroxylation sites is 1. The number of anilines is 1. The Kier molecular flexibility index (Phi) is 6.59. The van der Waals surface area contributed by atoms with Gasteiger partial charge >= 0.3 is 0 Å². The van der Waals surface area contributed by atoms with Crippen LogP contribution in [0.15, 0.2) is 65.0 Å². The van der Waals surface area contributed by atoms with E-state index in [2.05, 4.69) is 15.4 Å². The van der Waals surface area contributed by atoms with Gasteiger partial charge in [-0.15, -0.1) is 11.8 Å². The summed E-state index contributed by atoms with van der Waals surface area (Å²) in [5.74, 6) is -0.590. The fourth-order valence-electron chi connectivity index (χ4n) is 2.95. The maximum Gasteiger partial charge on any atom is 0.261 e. The minimum absolute atomic E-state index is 0.154. The molecule has 3 N–H and O–H groups in total. The molecular formula is C22H18ClN5O2S2. The van der Waals surface area contributed by atoms with Gasteiger partial charge in [0, 0.05) is 16.8 Å². The van der Waals surface area contributed by atoms with Crippen molar-refractivity contribution in [1.29, 1.82) is 0 Å². The topological polar surface area (TPSA) is 103 Å². The van der Waals surface area contributed by atoms with Crippen molar-refractivity contribution in [2.75, 3.05) is 11.1 Å². The van der Waals surface area contributed by atoms with E-state index < -0.39 is 5.91 Å². The number of primary amides is 1. The van der Waals surface area contributed by atoms with Crippen LogP contribution in [0.2, 0.25) is 5.02 Å². The van der Waals surface area contributed by atoms with Crippen LogP contribution in [0.5, 0.6) is 0 Å². The highest BCUT2D eigenvalue weighted by Gasteiger charge is 2.20. The van der Waals surface area contributed by atoms with E-state index in [0.717, 1.165) is 21.2 Å². The van der Waals surface area contributed by atoms with Crippen LogP contribution in [-0.4, -0.2) is 32.3 Å². The van der Waals surface area contributed by atoms with E-state index in [0.29, 0.717) is 21.4 Å². The van der Waals surface area contributed by atoms with Crippen molar-refractivity contribution in [2.24, 2.45) is 5.73 Å². The van der Waals surface area contributed by atoms with Gasteiger partial charge in [-0.1, -0.05) is 53.3 Å². The van der Waals surface area contributed by atoms with Crippen molar-refractivity contribution in [3.8, 4) is 16.9 Å². The van der Waals surface area contributed by atoms with Crippen molar-refractivity contribution < 1.29 is 9.59 Å². The van der Waals surface area contributed by atoms with E-state index in [1.807, 2.05) is 49.4 Å². The lowest BCUT2D eigenvalue weighted by Crippen LogP contribution is -2.12. The number of hydrogen-bond acceptors (Lipinski definition) is 6. The predicted octanol–water partition coefficient (Wildman–Crippen LogP) is 4.79. The first-order valence-corrected chi connectivity index (χ1v) is 11.7. The average Bonchev–Trinajstić information content (AvgIpc) is 3.37. The zero-order valence-electron chi connectivity index (χ0n) is 16.9. The molecule has 10 heteroatoms. The summed E-state index contributed by atoms with van der Waals surface area (Å²) in [5.41, 5.74) is 8.48. The first-order chi connectivity index (χ1) is 15.4. The Morgan fingerprint density at radius 3 is 2.56 bits per heavy atom. The molecule has 0 saturated heterocycles. The van der Waals surface area contributed by atoms with E-state index in [1.54, 1.807) is 23.0 Å². The molecule has 4 rings (SSSR count). The average molecular weight is 484 g/mol. The number of halogens is 1. The lowest BCUT2D eigenvalue weighted by molar-refractivity contribution is -0.115. The zero-order valence-corrected chi connectivity index (χ0v) is 19.3. The standard InChI is InChI=1S/C22H18ClN5O2S2/c1-13-21(31-12-18(24)29)32-22(25-13)26-20(30)17-11-28(16-5-3-2-4-6-16)27-19(17)14-7-9-15(23)10-8-14/h2-11H,12H2,1H3,(H2,24,29)(H,25,26,30). The van der Waals surface area contributed by atoms with Crippen molar-refractivity contribution in [2.45, 2.75) is 11.1 Å². The molecular weight excluding hydrogens is 466 g/mol. The molecule has 2 amide bonds. The highest BCUT2D eigenvalue weighted by Crippen LogP contribution is 2.33. The number of amides is 2. The second kappa shape index (κ2) is 9.56. The Labute approximate surface area is 197 Å². The number of aryl methyl sites for hydroxylation is 1. The van der Waals surface area contributed by atoms with E-state index >= 15 is 0 Å². The Morgan fingerprint density at radius 1 is 1.16 bits per heavy atom. The second-order valence-electron chi connectivity index (χ2n) is 6.78. The Morgan fingerprint density at radius 2 is 1.88 bits per heavy atom. The molecule has 32 heavy (non-hydrogen) atoms. The Balaban J connectivity index is 1.66. The molecule has 162 valence electrons. The van der Waals surface area contributed by atoms with Gasteiger partial charge in [0.25, 0.3) is 5.91 Å². The van der Waals surface area contributed by atoms with Crippen LogP contribution in [-0.2, 0) is 4.79 Å². The number of rotatable bonds is 7. The summed E-state index contributed by atoms with van der Waals surface area (Å²) in [6, 6.07) is 16.7. The summed E-state index contributed by atoms with van der Waals surface area (Å²) >= 11 is 8.63. The molecule has 0 atom stereocenters. The molecule has 0 spiro atoms. The Hall–Kier alpha value is -3.14. The number of hydrogen-bond donors (Lipinski definition) is 2. The van der Waals surface area contributed by atoms with Gasteiger partial charge in [0.1, 0.15) is 5.69 Å². The molecule has 0 bridgehead atoms. The minimum atomic E-state index is -0.408. The van der Waals surface area contributed by atoms with Crippen LogP contribution >= 0.6 is 34.7 Å². The maximum absolute atomic E-state index is 13.2. The van der Waals surface area contributed by atoms with Gasteiger partial charge in [-0.05, 0) is 31.2 Å². The van der Waals surface area contributed by atoms with Gasteiger partial charge in [0.05, 0.1) is 26.9 Å². The van der Waals surface area contributed by atoms with Gasteiger partial charge in [-0.3, -0.25) is 14.9 Å². The van der Waals surface area contributed by atoms with E-state index in [9.17, 15) is 9.59 Å². The molecule has 2 heterocycles. The van der Waals surface area contributed by atoms with Crippen molar-refractivity contribution in [3.05, 3.63) is 77.1 Å². The third-order valence-electron chi connectivity index (χ3n) is 4.42. The molecule has 2 aromatic carbocycles. The van der Waals surface area contributed by atoms with Crippen molar-refractivity contribution in [1.82, 2.24) is 14.8 Å². The normalized spacial score (nSPS) is 10.8. The fourth-order valence-corrected chi connectivity index (χ4v) is 4.94. The van der Waals surface area contributed by atoms with E-state index in [4.69, 9.17) is 17.3 Å². The number of aromatic nitrogens is 3. The van der Waals surface area contributed by atoms with E-state index in [-0.39, 0.29) is 11.7 Å². The highest BCUT2D eigenvalue weighted by atomic mass is 35.5. The van der Waals surface area contributed by atoms with Gasteiger partial charge in [0.2, 0.25) is 5.91 Å². The number of nitrogens with zero attached hydrogens (tertiary/aromatic N) is 3. The molecule has 0 aliphatic rings. The molecule has 0 aliphatic carbocycles. The minimum Gasteiger partial charge on any atom is -0.369 e. The van der Waals surface area contributed by atoms with Gasteiger partial charge in [-0.2, -0.15) is 5.10 Å². The van der Waals surface area contributed by atoms with Crippen LogP contribution in [0.4, 0.5) is 5.13 Å². The quantitative estimate of drug-likeness (QED) is 0.368. The number of thiazole rings is 1. The summed E-state index contributed by atoms with van der Waals surface area (Å²) in [5, 5.41) is 8.55. The highest BCUT2D eigenvalue weighted by molar-refractivity contribution is 8.01. The zero-order chi connectivity index (χ0) is 22.7. The third-order valence-corrected chi connectivity index (χ3v) is 7.13. The number of carbonyl (C=O) groups is 2. The number of carbonyl (C=O) groups excluding carboxylic acids is 2. The molecule has 0 fully saturated rings. The molecule has 0 saturated carbocycles. The maximum atomic E-state index is 13.2. The number of benzene rings is 2. The Bertz CT molecular complexity index is 1270. The van der Waals surface area contributed by atoms with Crippen LogP contribution in [0.25, 0.3) is 16.9 Å².